The van der Waals surface area contributed by atoms with E-state index in [1.54, 1.807) is 28.0 Å². The van der Waals surface area contributed by atoms with Crippen LogP contribution >= 0.6 is 23.1 Å². The Morgan fingerprint density at radius 2 is 2.27 bits per heavy atom. The van der Waals surface area contributed by atoms with Gasteiger partial charge < -0.3 is 0 Å². The number of aryl methyl sites for hydroxylation is 1. The number of nitrogens with zero attached hydrogens (tertiary/aromatic N) is 5. The third-order valence-corrected chi connectivity index (χ3v) is 6.72. The van der Waals surface area contributed by atoms with Crippen molar-refractivity contribution in [2.45, 2.75) is 49.8 Å². The Kier molecular flexibility index (Phi) is 4.51. The van der Waals surface area contributed by atoms with Crippen molar-refractivity contribution >= 4 is 33.3 Å². The van der Waals surface area contributed by atoms with E-state index in [0.717, 1.165) is 29.5 Å². The van der Waals surface area contributed by atoms with Gasteiger partial charge in [-0.3, -0.25) is 9.36 Å². The van der Waals surface area contributed by atoms with E-state index in [1.807, 2.05) is 13.0 Å². The number of fused-ring (bicyclic) bond motifs is 3. The molecule has 4 rings (SSSR count). The average Bonchev–Trinajstić information content (AvgIpc) is 3.00. The van der Waals surface area contributed by atoms with Crippen LogP contribution in [-0.4, -0.2) is 19.7 Å². The van der Waals surface area contributed by atoms with Crippen LogP contribution in [-0.2, 0) is 19.4 Å². The van der Waals surface area contributed by atoms with E-state index < -0.39 is 0 Å². The van der Waals surface area contributed by atoms with Crippen LogP contribution < -0.4 is 5.56 Å². The summed E-state index contributed by atoms with van der Waals surface area (Å²) in [6.07, 6.45) is 3.12. The molecule has 0 amide bonds. The van der Waals surface area contributed by atoms with Crippen molar-refractivity contribution in [1.29, 1.82) is 5.26 Å². The molecule has 0 bridgehead atoms. The van der Waals surface area contributed by atoms with Gasteiger partial charge in [-0.15, -0.1) is 21.5 Å². The molecular formula is C18H17N5OS2. The van der Waals surface area contributed by atoms with Crippen LogP contribution in [0.25, 0.3) is 10.2 Å². The number of hydrogen-bond donors (Lipinski definition) is 0. The van der Waals surface area contributed by atoms with Crippen molar-refractivity contribution < 1.29 is 0 Å². The molecule has 1 atom stereocenters. The van der Waals surface area contributed by atoms with Crippen molar-refractivity contribution in [2.75, 3.05) is 0 Å². The van der Waals surface area contributed by atoms with Crippen LogP contribution in [0.2, 0.25) is 0 Å². The van der Waals surface area contributed by atoms with Crippen LogP contribution in [0.5, 0.6) is 0 Å². The van der Waals surface area contributed by atoms with Gasteiger partial charge in [0.1, 0.15) is 15.9 Å². The molecule has 26 heavy (non-hydrogen) atoms. The second kappa shape index (κ2) is 6.82. The minimum absolute atomic E-state index is 0.0358. The van der Waals surface area contributed by atoms with Gasteiger partial charge in [0, 0.05) is 11.4 Å². The molecule has 3 heterocycles. The predicted octanol–water partition coefficient (Wildman–Crippen LogP) is 3.42. The van der Waals surface area contributed by atoms with Crippen molar-refractivity contribution in [1.82, 2.24) is 19.7 Å². The lowest BCUT2D eigenvalue weighted by Crippen LogP contribution is -2.23. The van der Waals surface area contributed by atoms with Crippen molar-refractivity contribution in [3.05, 3.63) is 38.6 Å². The Labute approximate surface area is 158 Å². The fourth-order valence-corrected chi connectivity index (χ4v) is 5.58. The average molecular weight is 384 g/mol. The van der Waals surface area contributed by atoms with E-state index in [9.17, 15) is 4.79 Å². The molecule has 1 unspecified atom stereocenters. The Morgan fingerprint density at radius 3 is 2.96 bits per heavy atom. The van der Waals surface area contributed by atoms with E-state index >= 15 is 0 Å². The molecule has 3 aromatic rings. The monoisotopic (exact) mass is 383 g/mol. The zero-order chi connectivity index (χ0) is 18.3. The summed E-state index contributed by atoms with van der Waals surface area (Å²) < 4.78 is 1.71. The fraction of sp³-hybridized carbons (Fsp3) is 0.389. The molecule has 3 aromatic heterocycles. The zero-order valence-corrected chi connectivity index (χ0v) is 16.2. The second-order valence-electron chi connectivity index (χ2n) is 6.45. The molecule has 6 nitrogen and oxygen atoms in total. The fourth-order valence-electron chi connectivity index (χ4n) is 3.29. The second-order valence-corrected chi connectivity index (χ2v) is 8.52. The van der Waals surface area contributed by atoms with Crippen LogP contribution in [0.1, 0.15) is 36.4 Å². The predicted molar refractivity (Wildman–Crippen MR) is 102 cm³/mol. The van der Waals surface area contributed by atoms with E-state index in [1.165, 1.54) is 22.2 Å². The van der Waals surface area contributed by atoms with Crippen LogP contribution in [0.4, 0.5) is 0 Å². The number of aromatic nitrogens is 4. The van der Waals surface area contributed by atoms with Gasteiger partial charge >= 0.3 is 0 Å². The molecule has 1 aliphatic carbocycles. The molecule has 1 aliphatic rings. The first-order valence-electron chi connectivity index (χ1n) is 8.57. The lowest BCUT2D eigenvalue weighted by molar-refractivity contribution is 0.509. The van der Waals surface area contributed by atoms with Gasteiger partial charge in [-0.05, 0) is 61.6 Å². The molecular weight excluding hydrogens is 366 g/mol. The largest absolute Gasteiger partial charge is 0.287 e. The third kappa shape index (κ3) is 2.91. The molecule has 0 aromatic carbocycles. The van der Waals surface area contributed by atoms with Gasteiger partial charge in [0.05, 0.1) is 5.39 Å². The molecule has 132 valence electrons. The highest BCUT2D eigenvalue weighted by atomic mass is 32.2. The normalized spacial score (nSPS) is 16.4. The van der Waals surface area contributed by atoms with E-state index in [0.29, 0.717) is 22.6 Å². The SMILES string of the molecule is CCn1c(Sc2ccc(C#N)nn2)nc2sc3c(c2c1=O)CCC(C)C3. The van der Waals surface area contributed by atoms with Crippen molar-refractivity contribution in [3.8, 4) is 6.07 Å². The highest BCUT2D eigenvalue weighted by molar-refractivity contribution is 7.99. The summed E-state index contributed by atoms with van der Waals surface area (Å²) in [6.45, 7) is 4.76. The molecule has 0 saturated carbocycles. The lowest BCUT2D eigenvalue weighted by atomic mass is 9.89. The summed E-state index contributed by atoms with van der Waals surface area (Å²) in [5, 5.41) is 18.8. The Balaban J connectivity index is 1.82. The summed E-state index contributed by atoms with van der Waals surface area (Å²) >= 11 is 2.96. The maximum Gasteiger partial charge on any atom is 0.263 e. The highest BCUT2D eigenvalue weighted by Gasteiger charge is 2.24. The quantitative estimate of drug-likeness (QED) is 0.644. The maximum absolute atomic E-state index is 13.1. The van der Waals surface area contributed by atoms with Gasteiger partial charge in [-0.25, -0.2) is 4.98 Å². The van der Waals surface area contributed by atoms with Gasteiger partial charge in [-0.1, -0.05) is 6.92 Å². The van der Waals surface area contributed by atoms with E-state index in [2.05, 4.69) is 17.1 Å². The van der Waals surface area contributed by atoms with Crippen LogP contribution in [0, 0.1) is 17.2 Å². The third-order valence-electron chi connectivity index (χ3n) is 4.65. The van der Waals surface area contributed by atoms with Crippen LogP contribution in [0.3, 0.4) is 0 Å². The van der Waals surface area contributed by atoms with E-state index in [4.69, 9.17) is 10.2 Å². The maximum atomic E-state index is 13.1. The summed E-state index contributed by atoms with van der Waals surface area (Å²) in [6, 6.07) is 5.30. The molecule has 0 fully saturated rings. The minimum Gasteiger partial charge on any atom is -0.287 e. The number of hydrogen-bond acceptors (Lipinski definition) is 7. The first-order valence-corrected chi connectivity index (χ1v) is 10.2. The first kappa shape index (κ1) is 17.2. The highest BCUT2D eigenvalue weighted by Crippen LogP contribution is 2.37. The topological polar surface area (TPSA) is 84.5 Å². The van der Waals surface area contributed by atoms with Crippen molar-refractivity contribution in [3.63, 3.8) is 0 Å². The van der Waals surface area contributed by atoms with E-state index in [-0.39, 0.29) is 11.3 Å². The smallest absolute Gasteiger partial charge is 0.263 e. The summed E-state index contributed by atoms with van der Waals surface area (Å²) in [7, 11) is 0. The summed E-state index contributed by atoms with van der Waals surface area (Å²) in [5.41, 5.74) is 1.51. The summed E-state index contributed by atoms with van der Waals surface area (Å²) in [4.78, 5) is 20.0. The molecule has 0 spiro atoms. The Bertz CT molecular complexity index is 1080. The molecule has 0 radical (unpaired) electrons. The summed E-state index contributed by atoms with van der Waals surface area (Å²) in [5.74, 6) is 0.659. The minimum atomic E-state index is 0.0358. The number of nitriles is 1. The molecule has 0 saturated heterocycles. The lowest BCUT2D eigenvalue weighted by Gasteiger charge is -2.17. The van der Waals surface area contributed by atoms with Gasteiger partial charge in [0.25, 0.3) is 5.56 Å². The van der Waals surface area contributed by atoms with Crippen LogP contribution in [0.15, 0.2) is 27.1 Å². The Morgan fingerprint density at radius 1 is 1.42 bits per heavy atom. The standard InChI is InChI=1S/C18H17N5OS2/c1-3-23-17(24)15-12-6-4-10(2)8-13(12)25-16(15)20-18(23)26-14-7-5-11(9-19)21-22-14/h5,7,10H,3-4,6,8H2,1-2H3. The molecule has 8 heteroatoms. The van der Waals surface area contributed by atoms with Crippen molar-refractivity contribution in [2.24, 2.45) is 5.92 Å². The van der Waals surface area contributed by atoms with Gasteiger partial charge in [-0.2, -0.15) is 5.26 Å². The number of rotatable bonds is 3. The zero-order valence-electron chi connectivity index (χ0n) is 14.5. The van der Waals surface area contributed by atoms with Gasteiger partial charge in [0.15, 0.2) is 10.9 Å². The first-order chi connectivity index (χ1) is 12.6. The molecule has 0 aliphatic heterocycles. The Hall–Kier alpha value is -2.24. The molecule has 0 N–H and O–H groups in total. The number of thiophene rings is 1. The van der Waals surface area contributed by atoms with Gasteiger partial charge in [0.2, 0.25) is 0 Å².